The van der Waals surface area contributed by atoms with Gasteiger partial charge in [-0.1, -0.05) is 36.4 Å². The summed E-state index contributed by atoms with van der Waals surface area (Å²) in [6, 6.07) is 13.6. The number of rotatable bonds is 4. The molecule has 1 N–H and O–H groups in total. The zero-order valence-corrected chi connectivity index (χ0v) is 17.1. The van der Waals surface area contributed by atoms with E-state index in [0.29, 0.717) is 12.8 Å². The fourth-order valence-corrected chi connectivity index (χ4v) is 4.68. The number of aromatic nitrogens is 1. The molecule has 2 aromatic rings. The first-order chi connectivity index (χ1) is 14.0. The second-order valence-electron chi connectivity index (χ2n) is 8.43. The van der Waals surface area contributed by atoms with Crippen molar-refractivity contribution >= 4 is 11.9 Å². The number of hydrogen-bond donors (Lipinski definition) is 1. The summed E-state index contributed by atoms with van der Waals surface area (Å²) in [5, 5.41) is 11.5. The van der Waals surface area contributed by atoms with Crippen molar-refractivity contribution < 1.29 is 14.6 Å². The smallest absolute Gasteiger partial charge is 0.410 e. The lowest BCUT2D eigenvalue weighted by Gasteiger charge is -2.51. The topological polar surface area (TPSA) is 65.9 Å². The third-order valence-electron chi connectivity index (χ3n) is 6.17. The molecule has 2 atom stereocenters. The number of fused-ring (bicyclic) bond motifs is 2. The molecule has 3 heterocycles. The van der Waals surface area contributed by atoms with Crippen molar-refractivity contribution in [2.75, 3.05) is 19.0 Å². The van der Waals surface area contributed by atoms with E-state index >= 15 is 0 Å². The maximum Gasteiger partial charge on any atom is 0.410 e. The number of benzene rings is 1. The number of aliphatic hydroxyl groups is 1. The number of hydrogen-bond acceptors (Lipinski definition) is 5. The fraction of sp³-hybridized carbons (Fsp3) is 0.478. The quantitative estimate of drug-likeness (QED) is 0.855. The third-order valence-corrected chi connectivity index (χ3v) is 6.17. The van der Waals surface area contributed by atoms with Crippen LogP contribution in [0.15, 0.2) is 48.7 Å². The van der Waals surface area contributed by atoms with Crippen molar-refractivity contribution in [3.8, 4) is 0 Å². The molecular formula is C23H29N3O3. The van der Waals surface area contributed by atoms with Gasteiger partial charge in [-0.2, -0.15) is 0 Å². The molecule has 154 valence electrons. The summed E-state index contributed by atoms with van der Waals surface area (Å²) in [7, 11) is 3.89. The van der Waals surface area contributed by atoms with Crippen LogP contribution in [0.1, 0.15) is 43.2 Å². The number of nitrogens with zero attached hydrogens (tertiary/aromatic N) is 3. The van der Waals surface area contributed by atoms with Crippen molar-refractivity contribution in [3.05, 3.63) is 59.8 Å². The Morgan fingerprint density at radius 2 is 1.86 bits per heavy atom. The SMILES string of the molecule is CN(C)c1ccc(C2(O)CC3CCCC(C2)N3C(=O)OCc2ccccc2)cn1. The Morgan fingerprint density at radius 3 is 2.45 bits per heavy atom. The first-order valence-electron chi connectivity index (χ1n) is 10.3. The van der Waals surface area contributed by atoms with Gasteiger partial charge in [0.1, 0.15) is 12.4 Å². The molecule has 4 rings (SSSR count). The Hall–Kier alpha value is -2.60. The van der Waals surface area contributed by atoms with E-state index in [4.69, 9.17) is 4.74 Å². The molecule has 2 unspecified atom stereocenters. The molecule has 0 radical (unpaired) electrons. The standard InChI is InChI=1S/C23H29N3O3/c1-25(2)21-12-11-18(15-24-21)23(28)13-19-9-6-10-20(14-23)26(19)22(27)29-16-17-7-4-3-5-8-17/h3-5,7-8,11-12,15,19-20,28H,6,9-10,13-14,16H2,1-2H3. The first kappa shape index (κ1) is 19.7. The molecule has 0 aliphatic carbocycles. The lowest BCUT2D eigenvalue weighted by molar-refractivity contribution is -0.0897. The number of pyridine rings is 1. The van der Waals surface area contributed by atoms with Gasteiger partial charge in [-0.05, 0) is 30.9 Å². The van der Waals surface area contributed by atoms with E-state index in [1.54, 1.807) is 6.20 Å². The van der Waals surface area contributed by atoms with Crippen LogP contribution in [0.5, 0.6) is 0 Å². The van der Waals surface area contributed by atoms with Gasteiger partial charge in [0.05, 0.1) is 5.60 Å². The monoisotopic (exact) mass is 395 g/mol. The second-order valence-corrected chi connectivity index (χ2v) is 8.43. The van der Waals surface area contributed by atoms with Crippen LogP contribution >= 0.6 is 0 Å². The average Bonchev–Trinajstić information content (AvgIpc) is 2.72. The van der Waals surface area contributed by atoms with E-state index in [1.807, 2.05) is 66.4 Å². The van der Waals surface area contributed by atoms with Gasteiger partial charge in [-0.15, -0.1) is 0 Å². The fourth-order valence-electron chi connectivity index (χ4n) is 4.68. The summed E-state index contributed by atoms with van der Waals surface area (Å²) >= 11 is 0. The summed E-state index contributed by atoms with van der Waals surface area (Å²) in [5.41, 5.74) is 0.855. The van der Waals surface area contributed by atoms with E-state index < -0.39 is 5.60 Å². The Labute approximate surface area is 172 Å². The molecule has 6 nitrogen and oxygen atoms in total. The predicted octanol–water partition coefficient (Wildman–Crippen LogP) is 3.69. The molecule has 6 heteroatoms. The lowest BCUT2D eigenvalue weighted by Crippen LogP contribution is -2.58. The molecule has 1 aromatic carbocycles. The summed E-state index contributed by atoms with van der Waals surface area (Å²) in [4.78, 5) is 21.1. The largest absolute Gasteiger partial charge is 0.445 e. The molecule has 29 heavy (non-hydrogen) atoms. The Bertz CT molecular complexity index is 824. The molecule has 2 aliphatic heterocycles. The minimum Gasteiger partial charge on any atom is -0.445 e. The highest BCUT2D eigenvalue weighted by molar-refractivity contribution is 5.69. The van der Waals surface area contributed by atoms with E-state index in [-0.39, 0.29) is 24.8 Å². The van der Waals surface area contributed by atoms with Crippen LogP contribution in [0, 0.1) is 0 Å². The van der Waals surface area contributed by atoms with Crippen LogP contribution in [0.25, 0.3) is 0 Å². The zero-order chi connectivity index (χ0) is 20.4. The van der Waals surface area contributed by atoms with Gasteiger partial charge in [0, 0.05) is 50.8 Å². The van der Waals surface area contributed by atoms with Gasteiger partial charge in [-0.25, -0.2) is 9.78 Å². The van der Waals surface area contributed by atoms with Crippen molar-refractivity contribution in [1.29, 1.82) is 0 Å². The van der Waals surface area contributed by atoms with Gasteiger partial charge in [0.25, 0.3) is 0 Å². The van der Waals surface area contributed by atoms with Crippen LogP contribution in [-0.4, -0.2) is 47.3 Å². The van der Waals surface area contributed by atoms with Gasteiger partial charge in [0.2, 0.25) is 0 Å². The number of ether oxygens (including phenoxy) is 1. The van der Waals surface area contributed by atoms with E-state index in [0.717, 1.165) is 36.2 Å². The minimum absolute atomic E-state index is 0.00991. The molecule has 0 saturated carbocycles. The number of piperidine rings is 2. The number of anilines is 1. The van der Waals surface area contributed by atoms with Gasteiger partial charge in [0.15, 0.2) is 0 Å². The van der Waals surface area contributed by atoms with Gasteiger partial charge >= 0.3 is 6.09 Å². The summed E-state index contributed by atoms with van der Waals surface area (Å²) in [6.07, 6.45) is 5.40. The molecule has 1 amide bonds. The molecule has 2 saturated heterocycles. The number of carbonyl (C=O) groups excluding carboxylic acids is 1. The highest BCUT2D eigenvalue weighted by Gasteiger charge is 2.48. The lowest BCUT2D eigenvalue weighted by atomic mass is 9.73. The summed E-state index contributed by atoms with van der Waals surface area (Å²) in [6.45, 7) is 0.274. The number of carbonyl (C=O) groups is 1. The van der Waals surface area contributed by atoms with E-state index in [2.05, 4.69) is 4.98 Å². The van der Waals surface area contributed by atoms with Crippen molar-refractivity contribution in [1.82, 2.24) is 9.88 Å². The van der Waals surface area contributed by atoms with E-state index in [9.17, 15) is 9.90 Å². The van der Waals surface area contributed by atoms with Crippen molar-refractivity contribution in [2.45, 2.75) is 56.4 Å². The van der Waals surface area contributed by atoms with Crippen molar-refractivity contribution in [3.63, 3.8) is 0 Å². The zero-order valence-electron chi connectivity index (χ0n) is 17.1. The first-order valence-corrected chi connectivity index (χ1v) is 10.3. The predicted molar refractivity (Wildman–Crippen MR) is 112 cm³/mol. The maximum atomic E-state index is 12.9. The third kappa shape index (κ3) is 4.08. The van der Waals surface area contributed by atoms with Crippen LogP contribution in [0.4, 0.5) is 10.6 Å². The van der Waals surface area contributed by atoms with Gasteiger partial charge < -0.3 is 19.6 Å². The maximum absolute atomic E-state index is 12.9. The van der Waals surface area contributed by atoms with Crippen molar-refractivity contribution in [2.24, 2.45) is 0 Å². The molecular weight excluding hydrogens is 366 g/mol. The normalized spacial score (nSPS) is 26.1. The van der Waals surface area contributed by atoms with E-state index in [1.165, 1.54) is 0 Å². The highest BCUT2D eigenvalue weighted by atomic mass is 16.6. The van der Waals surface area contributed by atoms with Crippen LogP contribution in [0.3, 0.4) is 0 Å². The molecule has 2 fully saturated rings. The van der Waals surface area contributed by atoms with Crippen LogP contribution in [0.2, 0.25) is 0 Å². The molecule has 2 aliphatic rings. The minimum atomic E-state index is -0.955. The molecule has 2 bridgehead atoms. The van der Waals surface area contributed by atoms with Crippen LogP contribution < -0.4 is 4.90 Å². The Morgan fingerprint density at radius 1 is 1.17 bits per heavy atom. The number of amides is 1. The van der Waals surface area contributed by atoms with Gasteiger partial charge in [-0.3, -0.25) is 0 Å². The summed E-state index contributed by atoms with van der Waals surface area (Å²) in [5.74, 6) is 0.861. The highest BCUT2D eigenvalue weighted by Crippen LogP contribution is 2.44. The van der Waals surface area contributed by atoms with Crippen LogP contribution in [-0.2, 0) is 16.9 Å². The Balaban J connectivity index is 1.47. The Kier molecular flexibility index (Phi) is 5.46. The molecule has 0 spiro atoms. The molecule has 1 aromatic heterocycles. The average molecular weight is 396 g/mol. The second kappa shape index (κ2) is 8.03. The summed E-state index contributed by atoms with van der Waals surface area (Å²) < 4.78 is 5.61.